The zero-order chi connectivity index (χ0) is 25.0. The van der Waals surface area contributed by atoms with Gasteiger partial charge in [-0.1, -0.05) is 18.2 Å². The summed E-state index contributed by atoms with van der Waals surface area (Å²) in [6.45, 7) is 2.34. The highest BCUT2D eigenvalue weighted by Crippen LogP contribution is 2.20. The molecule has 0 bridgehead atoms. The summed E-state index contributed by atoms with van der Waals surface area (Å²) in [5.74, 6) is -3.19. The van der Waals surface area contributed by atoms with Crippen molar-refractivity contribution >= 4 is 21.7 Å². The Kier molecular flexibility index (Phi) is 7.78. The van der Waals surface area contributed by atoms with Crippen LogP contribution in [0.2, 0.25) is 0 Å². The molecule has 0 N–H and O–H groups in total. The van der Waals surface area contributed by atoms with E-state index < -0.39 is 33.4 Å². The number of rotatable bonds is 6. The first-order valence-electron chi connectivity index (χ1n) is 11.4. The number of halogens is 2. The second-order valence-electron chi connectivity index (χ2n) is 8.51. The summed E-state index contributed by atoms with van der Waals surface area (Å²) in [4.78, 5) is 31.6. The molecule has 0 aliphatic carbocycles. The molecule has 2 heterocycles. The third-order valence-corrected chi connectivity index (χ3v) is 7.99. The van der Waals surface area contributed by atoms with E-state index in [0.29, 0.717) is 32.8 Å². The lowest BCUT2D eigenvalue weighted by atomic mass is 10.1. The van der Waals surface area contributed by atoms with Crippen molar-refractivity contribution in [2.45, 2.75) is 10.9 Å². The lowest BCUT2D eigenvalue weighted by Gasteiger charge is -2.43. The number of ether oxygens (including phenoxy) is 1. The van der Waals surface area contributed by atoms with Crippen molar-refractivity contribution < 1.29 is 31.5 Å². The molecule has 1 atom stereocenters. The molecule has 2 aliphatic rings. The number of nitrogens with zero attached hydrogens (tertiary/aromatic N) is 3. The lowest BCUT2D eigenvalue weighted by molar-refractivity contribution is -0.142. The molecule has 4 rings (SSSR count). The average Bonchev–Trinajstić information content (AvgIpc) is 2.89. The van der Waals surface area contributed by atoms with Gasteiger partial charge in [0.25, 0.3) is 5.91 Å². The second-order valence-corrected chi connectivity index (χ2v) is 10.6. The second kappa shape index (κ2) is 10.8. The van der Waals surface area contributed by atoms with Crippen LogP contribution in [0.4, 0.5) is 8.78 Å². The molecule has 2 amide bonds. The number of carbonyl (C=O) groups excluding carboxylic acids is 2. The van der Waals surface area contributed by atoms with E-state index in [1.807, 2.05) is 4.90 Å². The van der Waals surface area contributed by atoms with Crippen molar-refractivity contribution in [3.63, 3.8) is 0 Å². The van der Waals surface area contributed by atoms with E-state index in [2.05, 4.69) is 0 Å². The largest absolute Gasteiger partial charge is 0.378 e. The zero-order valence-corrected chi connectivity index (χ0v) is 19.9. The fourth-order valence-electron chi connectivity index (χ4n) is 4.28. The molecule has 35 heavy (non-hydrogen) atoms. The number of morpholine rings is 1. The Balaban J connectivity index is 1.51. The third-order valence-electron chi connectivity index (χ3n) is 6.28. The first-order chi connectivity index (χ1) is 16.8. The van der Waals surface area contributed by atoms with Crippen LogP contribution in [0.1, 0.15) is 10.4 Å². The highest BCUT2D eigenvalue weighted by Gasteiger charge is 2.38. The highest BCUT2D eigenvalue weighted by atomic mass is 32.2. The van der Waals surface area contributed by atoms with Gasteiger partial charge in [-0.15, -0.1) is 0 Å². The molecular formula is C24H27F2N3O5S. The molecule has 0 aromatic heterocycles. The summed E-state index contributed by atoms with van der Waals surface area (Å²) >= 11 is 0. The molecule has 2 aromatic carbocycles. The molecule has 2 aliphatic heterocycles. The van der Waals surface area contributed by atoms with Crippen LogP contribution in [0, 0.1) is 11.6 Å². The summed E-state index contributed by atoms with van der Waals surface area (Å²) in [5, 5.41) is 0. The molecule has 2 aromatic rings. The lowest BCUT2D eigenvalue weighted by Crippen LogP contribution is -2.62. The minimum Gasteiger partial charge on any atom is -0.378 e. The van der Waals surface area contributed by atoms with Crippen LogP contribution < -0.4 is 0 Å². The van der Waals surface area contributed by atoms with Gasteiger partial charge in [0, 0.05) is 44.8 Å². The summed E-state index contributed by atoms with van der Waals surface area (Å²) in [5.41, 5.74) is -0.0521. The number of sulfone groups is 1. The van der Waals surface area contributed by atoms with Crippen LogP contribution in [0.25, 0.3) is 0 Å². The monoisotopic (exact) mass is 507 g/mol. The third kappa shape index (κ3) is 5.85. The predicted octanol–water partition coefficient (Wildman–Crippen LogP) is 1.42. The smallest absolute Gasteiger partial charge is 0.254 e. The van der Waals surface area contributed by atoms with Gasteiger partial charge in [0.1, 0.15) is 6.04 Å². The SMILES string of the molecule is O=C(C1CN(CCS(=O)(=O)c2ccccc2)CCN1C(=O)c1ccc(F)c(F)c1)N1CCOCC1. The molecule has 0 saturated carbocycles. The van der Waals surface area contributed by atoms with E-state index in [4.69, 9.17) is 4.74 Å². The molecule has 188 valence electrons. The fraction of sp³-hybridized carbons (Fsp3) is 0.417. The molecule has 8 nitrogen and oxygen atoms in total. The Morgan fingerprint density at radius 2 is 1.66 bits per heavy atom. The van der Waals surface area contributed by atoms with Gasteiger partial charge in [0.2, 0.25) is 5.91 Å². The van der Waals surface area contributed by atoms with Crippen LogP contribution >= 0.6 is 0 Å². The Morgan fingerprint density at radius 1 is 0.943 bits per heavy atom. The first-order valence-corrected chi connectivity index (χ1v) is 13.0. The number of carbonyl (C=O) groups is 2. The van der Waals surface area contributed by atoms with Gasteiger partial charge < -0.3 is 14.5 Å². The average molecular weight is 508 g/mol. The number of hydrogen-bond acceptors (Lipinski definition) is 6. The van der Waals surface area contributed by atoms with Gasteiger partial charge in [-0.2, -0.15) is 0 Å². The number of benzene rings is 2. The van der Waals surface area contributed by atoms with Crippen molar-refractivity contribution in [1.29, 1.82) is 0 Å². The summed E-state index contributed by atoms with van der Waals surface area (Å²) in [6, 6.07) is 10.1. The van der Waals surface area contributed by atoms with Crippen molar-refractivity contribution in [2.75, 3.05) is 58.2 Å². The minimum atomic E-state index is -3.51. The van der Waals surface area contributed by atoms with E-state index >= 15 is 0 Å². The van der Waals surface area contributed by atoms with E-state index in [1.165, 1.54) is 11.0 Å². The highest BCUT2D eigenvalue weighted by molar-refractivity contribution is 7.91. The topological polar surface area (TPSA) is 87.2 Å². The van der Waals surface area contributed by atoms with Gasteiger partial charge in [-0.3, -0.25) is 14.5 Å². The molecule has 2 fully saturated rings. The van der Waals surface area contributed by atoms with E-state index in [9.17, 15) is 26.8 Å². The summed E-state index contributed by atoms with van der Waals surface area (Å²) in [7, 11) is -3.51. The van der Waals surface area contributed by atoms with E-state index in [-0.39, 0.29) is 41.8 Å². The summed E-state index contributed by atoms with van der Waals surface area (Å²) < 4.78 is 57.9. The van der Waals surface area contributed by atoms with E-state index in [1.54, 1.807) is 35.2 Å². The van der Waals surface area contributed by atoms with Crippen LogP contribution in [-0.4, -0.2) is 99.2 Å². The molecule has 2 saturated heterocycles. The van der Waals surface area contributed by atoms with Gasteiger partial charge in [0.05, 0.1) is 23.9 Å². The molecule has 1 unspecified atom stereocenters. The molecule has 11 heteroatoms. The van der Waals surface area contributed by atoms with Gasteiger partial charge in [0.15, 0.2) is 21.5 Å². The van der Waals surface area contributed by atoms with Crippen LogP contribution in [0.15, 0.2) is 53.4 Å². The molecule has 0 spiro atoms. The minimum absolute atomic E-state index is 0.0521. The Hall–Kier alpha value is -2.89. The normalized spacial score (nSPS) is 19.5. The Labute approximate surface area is 203 Å². The van der Waals surface area contributed by atoms with Gasteiger partial charge in [-0.25, -0.2) is 17.2 Å². The quantitative estimate of drug-likeness (QED) is 0.588. The maximum absolute atomic E-state index is 13.8. The predicted molar refractivity (Wildman–Crippen MR) is 124 cm³/mol. The van der Waals surface area contributed by atoms with Crippen molar-refractivity contribution in [3.8, 4) is 0 Å². The summed E-state index contributed by atoms with van der Waals surface area (Å²) in [6.07, 6.45) is 0. The van der Waals surface area contributed by atoms with Crippen LogP contribution in [0.5, 0.6) is 0 Å². The Bertz CT molecular complexity index is 1170. The van der Waals surface area contributed by atoms with Crippen LogP contribution in [-0.2, 0) is 19.4 Å². The number of piperazine rings is 1. The van der Waals surface area contributed by atoms with Crippen LogP contribution in [0.3, 0.4) is 0 Å². The van der Waals surface area contributed by atoms with Crippen molar-refractivity contribution in [3.05, 3.63) is 65.7 Å². The number of hydrogen-bond donors (Lipinski definition) is 0. The molecular weight excluding hydrogens is 480 g/mol. The maximum Gasteiger partial charge on any atom is 0.254 e. The zero-order valence-electron chi connectivity index (χ0n) is 19.1. The van der Waals surface area contributed by atoms with Crippen molar-refractivity contribution in [2.24, 2.45) is 0 Å². The van der Waals surface area contributed by atoms with Gasteiger partial charge in [-0.05, 0) is 30.3 Å². The van der Waals surface area contributed by atoms with Gasteiger partial charge >= 0.3 is 0 Å². The standard InChI is InChI=1S/C24H27F2N3O5S/c25-20-7-6-18(16-21(20)26)23(30)29-9-8-27(12-15-35(32,33)19-4-2-1-3-5-19)17-22(29)24(31)28-10-13-34-14-11-28/h1-7,16,22H,8-15,17H2. The molecule has 0 radical (unpaired) electrons. The van der Waals surface area contributed by atoms with Crippen molar-refractivity contribution in [1.82, 2.24) is 14.7 Å². The maximum atomic E-state index is 13.8. The Morgan fingerprint density at radius 3 is 2.34 bits per heavy atom. The fourth-order valence-corrected chi connectivity index (χ4v) is 5.59. The number of amides is 2. The first kappa shape index (κ1) is 25.2. The van der Waals surface area contributed by atoms with E-state index in [0.717, 1.165) is 12.1 Å².